The zero-order valence-corrected chi connectivity index (χ0v) is 13.2. The van der Waals surface area contributed by atoms with Crippen LogP contribution >= 0.6 is 0 Å². The lowest BCUT2D eigenvalue weighted by Crippen LogP contribution is -2.33. The highest BCUT2D eigenvalue weighted by molar-refractivity contribution is 5.55. The van der Waals surface area contributed by atoms with Gasteiger partial charge in [0, 0.05) is 35.9 Å². The summed E-state index contributed by atoms with van der Waals surface area (Å²) >= 11 is 0. The Labute approximate surface area is 123 Å². The average Bonchev–Trinajstić information content (AvgIpc) is 2.88. The van der Waals surface area contributed by atoms with Crippen molar-refractivity contribution in [2.45, 2.75) is 52.6 Å². The second-order valence-electron chi connectivity index (χ2n) is 6.17. The number of hydrogen-bond donors (Lipinski definition) is 2. The zero-order valence-electron chi connectivity index (χ0n) is 13.2. The molecule has 1 fully saturated rings. The molecule has 0 aromatic heterocycles. The summed E-state index contributed by atoms with van der Waals surface area (Å²) < 4.78 is 0. The van der Waals surface area contributed by atoms with Crippen LogP contribution in [0.2, 0.25) is 0 Å². The summed E-state index contributed by atoms with van der Waals surface area (Å²) in [5, 5.41) is 13.7. The standard InChI is InChI=1S/C17H28N2O/c1-5-18-13(4)15-9-8-14(11-17(15)20)19-10-6-7-16(19)12(2)3/h8-9,11-13,16,18,20H,5-7,10H2,1-4H3. The number of hydrogen-bond acceptors (Lipinski definition) is 3. The number of benzene rings is 1. The molecular formula is C17H28N2O. The van der Waals surface area contributed by atoms with Crippen molar-refractivity contribution in [2.75, 3.05) is 18.0 Å². The molecule has 1 aromatic rings. The third kappa shape index (κ3) is 3.09. The molecule has 1 heterocycles. The van der Waals surface area contributed by atoms with Crippen LogP contribution in [0.5, 0.6) is 5.75 Å². The summed E-state index contributed by atoms with van der Waals surface area (Å²) in [7, 11) is 0. The van der Waals surface area contributed by atoms with E-state index < -0.39 is 0 Å². The van der Waals surface area contributed by atoms with E-state index >= 15 is 0 Å². The van der Waals surface area contributed by atoms with Crippen molar-refractivity contribution in [1.82, 2.24) is 5.32 Å². The van der Waals surface area contributed by atoms with E-state index in [4.69, 9.17) is 0 Å². The number of nitrogens with zero attached hydrogens (tertiary/aromatic N) is 1. The molecular weight excluding hydrogens is 248 g/mol. The van der Waals surface area contributed by atoms with Crippen LogP contribution in [0, 0.1) is 5.92 Å². The summed E-state index contributed by atoms with van der Waals surface area (Å²) in [5.74, 6) is 1.06. The van der Waals surface area contributed by atoms with E-state index in [0.29, 0.717) is 17.7 Å². The smallest absolute Gasteiger partial charge is 0.122 e. The van der Waals surface area contributed by atoms with Crippen molar-refractivity contribution in [3.63, 3.8) is 0 Å². The topological polar surface area (TPSA) is 35.5 Å². The number of anilines is 1. The number of phenolic OH excluding ortho intramolecular Hbond substituents is 1. The molecule has 0 spiro atoms. The number of phenols is 1. The van der Waals surface area contributed by atoms with Gasteiger partial charge in [-0.05, 0) is 38.3 Å². The Morgan fingerprint density at radius 2 is 2.10 bits per heavy atom. The van der Waals surface area contributed by atoms with Gasteiger partial charge >= 0.3 is 0 Å². The van der Waals surface area contributed by atoms with Crippen LogP contribution in [0.4, 0.5) is 5.69 Å². The maximum Gasteiger partial charge on any atom is 0.122 e. The first-order valence-corrected chi connectivity index (χ1v) is 7.87. The zero-order chi connectivity index (χ0) is 14.7. The first kappa shape index (κ1) is 15.2. The molecule has 3 heteroatoms. The number of rotatable bonds is 5. The lowest BCUT2D eigenvalue weighted by Gasteiger charge is -2.30. The Bertz CT molecular complexity index is 445. The Balaban J connectivity index is 2.20. The van der Waals surface area contributed by atoms with Crippen LogP contribution in [-0.2, 0) is 0 Å². The molecule has 2 atom stereocenters. The normalized spacial score (nSPS) is 20.6. The fraction of sp³-hybridized carbons (Fsp3) is 0.647. The van der Waals surface area contributed by atoms with Gasteiger partial charge in [-0.3, -0.25) is 0 Å². The van der Waals surface area contributed by atoms with Crippen molar-refractivity contribution >= 4 is 5.69 Å². The van der Waals surface area contributed by atoms with Gasteiger partial charge in [-0.2, -0.15) is 0 Å². The van der Waals surface area contributed by atoms with Gasteiger partial charge in [0.2, 0.25) is 0 Å². The second-order valence-corrected chi connectivity index (χ2v) is 6.17. The molecule has 1 saturated heterocycles. The van der Waals surface area contributed by atoms with Crippen LogP contribution in [0.15, 0.2) is 18.2 Å². The van der Waals surface area contributed by atoms with E-state index in [0.717, 1.165) is 24.3 Å². The Kier molecular flexibility index (Phi) is 4.92. The van der Waals surface area contributed by atoms with Gasteiger partial charge in [0.05, 0.1) is 0 Å². The molecule has 20 heavy (non-hydrogen) atoms. The molecule has 2 rings (SSSR count). The van der Waals surface area contributed by atoms with Crippen molar-refractivity contribution in [1.29, 1.82) is 0 Å². The van der Waals surface area contributed by atoms with E-state index in [-0.39, 0.29) is 6.04 Å². The highest BCUT2D eigenvalue weighted by atomic mass is 16.3. The molecule has 1 aromatic carbocycles. The minimum Gasteiger partial charge on any atom is -0.508 e. The van der Waals surface area contributed by atoms with E-state index in [1.165, 1.54) is 12.8 Å². The SMILES string of the molecule is CCNC(C)c1ccc(N2CCCC2C(C)C)cc1O. The molecule has 2 unspecified atom stereocenters. The summed E-state index contributed by atoms with van der Waals surface area (Å²) in [6.07, 6.45) is 2.51. The van der Waals surface area contributed by atoms with E-state index in [1.807, 2.05) is 6.07 Å². The molecule has 1 aliphatic rings. The summed E-state index contributed by atoms with van der Waals surface area (Å²) in [6.45, 7) is 10.7. The Hall–Kier alpha value is -1.22. The average molecular weight is 276 g/mol. The molecule has 1 aliphatic heterocycles. The fourth-order valence-corrected chi connectivity index (χ4v) is 3.30. The van der Waals surface area contributed by atoms with E-state index in [1.54, 1.807) is 0 Å². The molecule has 112 valence electrons. The largest absolute Gasteiger partial charge is 0.508 e. The summed E-state index contributed by atoms with van der Waals surface area (Å²) in [5.41, 5.74) is 2.14. The first-order valence-electron chi connectivity index (χ1n) is 7.87. The summed E-state index contributed by atoms with van der Waals surface area (Å²) in [6, 6.07) is 6.95. The van der Waals surface area contributed by atoms with E-state index in [2.05, 4.69) is 50.0 Å². The van der Waals surface area contributed by atoms with Gasteiger partial charge in [-0.15, -0.1) is 0 Å². The second kappa shape index (κ2) is 6.49. The molecule has 0 radical (unpaired) electrons. The van der Waals surface area contributed by atoms with Crippen LogP contribution < -0.4 is 10.2 Å². The third-order valence-electron chi connectivity index (χ3n) is 4.39. The van der Waals surface area contributed by atoms with Crippen molar-refractivity contribution in [2.24, 2.45) is 5.92 Å². The highest BCUT2D eigenvalue weighted by Gasteiger charge is 2.27. The highest BCUT2D eigenvalue weighted by Crippen LogP contribution is 2.34. The Morgan fingerprint density at radius 3 is 2.70 bits per heavy atom. The number of aromatic hydroxyl groups is 1. The minimum absolute atomic E-state index is 0.188. The maximum atomic E-state index is 10.3. The van der Waals surface area contributed by atoms with Crippen LogP contribution in [0.3, 0.4) is 0 Å². The monoisotopic (exact) mass is 276 g/mol. The molecule has 0 saturated carbocycles. The van der Waals surface area contributed by atoms with Crippen LogP contribution in [0.25, 0.3) is 0 Å². The van der Waals surface area contributed by atoms with Gasteiger partial charge in [-0.1, -0.05) is 26.8 Å². The summed E-state index contributed by atoms with van der Waals surface area (Å²) in [4.78, 5) is 2.45. The minimum atomic E-state index is 0.188. The first-order chi connectivity index (χ1) is 9.54. The number of nitrogens with one attached hydrogen (secondary N) is 1. The van der Waals surface area contributed by atoms with Crippen molar-refractivity contribution < 1.29 is 5.11 Å². The van der Waals surface area contributed by atoms with E-state index in [9.17, 15) is 5.11 Å². The maximum absolute atomic E-state index is 10.3. The van der Waals surface area contributed by atoms with Crippen LogP contribution in [0.1, 0.15) is 52.1 Å². The molecule has 2 N–H and O–H groups in total. The van der Waals surface area contributed by atoms with Gasteiger partial charge in [0.1, 0.15) is 5.75 Å². The lowest BCUT2D eigenvalue weighted by molar-refractivity contribution is 0.453. The van der Waals surface area contributed by atoms with Crippen molar-refractivity contribution in [3.05, 3.63) is 23.8 Å². The van der Waals surface area contributed by atoms with Gasteiger partial charge in [0.15, 0.2) is 0 Å². The Morgan fingerprint density at radius 1 is 1.35 bits per heavy atom. The van der Waals surface area contributed by atoms with Gasteiger partial charge in [0.25, 0.3) is 0 Å². The third-order valence-corrected chi connectivity index (χ3v) is 4.39. The quantitative estimate of drug-likeness (QED) is 0.861. The predicted molar refractivity (Wildman–Crippen MR) is 85.4 cm³/mol. The van der Waals surface area contributed by atoms with Crippen molar-refractivity contribution in [3.8, 4) is 5.75 Å². The predicted octanol–water partition coefficient (Wildman–Crippen LogP) is 3.69. The molecule has 0 aliphatic carbocycles. The fourth-order valence-electron chi connectivity index (χ4n) is 3.30. The molecule has 0 amide bonds. The molecule has 3 nitrogen and oxygen atoms in total. The van der Waals surface area contributed by atoms with Crippen LogP contribution in [-0.4, -0.2) is 24.2 Å². The molecule has 0 bridgehead atoms. The van der Waals surface area contributed by atoms with Gasteiger partial charge in [-0.25, -0.2) is 0 Å². The van der Waals surface area contributed by atoms with Gasteiger partial charge < -0.3 is 15.3 Å². The lowest BCUT2D eigenvalue weighted by atomic mass is 10.0.